The fourth-order valence-electron chi connectivity index (χ4n) is 1.85. The maximum absolute atomic E-state index is 11.9. The zero-order chi connectivity index (χ0) is 14.9. The number of carbonyl (C=O) groups excluding carboxylic acids is 2. The van der Waals surface area contributed by atoms with Gasteiger partial charge in [0.25, 0.3) is 5.69 Å². The Morgan fingerprint density at radius 3 is 2.75 bits per heavy atom. The van der Waals surface area contributed by atoms with Gasteiger partial charge in [-0.3, -0.25) is 24.4 Å². The van der Waals surface area contributed by atoms with Gasteiger partial charge in [0.15, 0.2) is 5.78 Å². The number of nitro groups is 1. The van der Waals surface area contributed by atoms with Crippen molar-refractivity contribution in [3.8, 4) is 0 Å². The van der Waals surface area contributed by atoms with Gasteiger partial charge in [0.05, 0.1) is 29.1 Å². The van der Waals surface area contributed by atoms with Crippen LogP contribution < -0.4 is 0 Å². The summed E-state index contributed by atoms with van der Waals surface area (Å²) < 4.78 is 5.83. The number of hydrogen-bond donors (Lipinski definition) is 0. The van der Waals surface area contributed by atoms with Crippen LogP contribution in [0.2, 0.25) is 0 Å². The van der Waals surface area contributed by atoms with Crippen LogP contribution in [0.1, 0.15) is 16.8 Å². The SMILES string of the molecule is COC(=O)CC(=O)c1cc([N+](=O)[O-])c2cnn(C)c2c1. The first-order valence-corrected chi connectivity index (χ1v) is 5.64. The molecule has 0 saturated carbocycles. The highest BCUT2D eigenvalue weighted by molar-refractivity contribution is 6.08. The molecule has 0 aliphatic heterocycles. The minimum atomic E-state index is -0.692. The molecule has 2 rings (SSSR count). The number of hydrogen-bond acceptors (Lipinski definition) is 6. The summed E-state index contributed by atoms with van der Waals surface area (Å²) in [6.45, 7) is 0. The zero-order valence-electron chi connectivity index (χ0n) is 10.8. The van der Waals surface area contributed by atoms with Gasteiger partial charge in [-0.05, 0) is 6.07 Å². The van der Waals surface area contributed by atoms with Crippen molar-refractivity contribution in [3.05, 3.63) is 34.0 Å². The number of benzene rings is 1. The van der Waals surface area contributed by atoms with Crippen molar-refractivity contribution in [2.24, 2.45) is 7.05 Å². The minimum absolute atomic E-state index is 0.0817. The quantitative estimate of drug-likeness (QED) is 0.273. The molecule has 1 aromatic heterocycles. The van der Waals surface area contributed by atoms with Crippen LogP contribution >= 0.6 is 0 Å². The van der Waals surface area contributed by atoms with E-state index in [2.05, 4.69) is 9.84 Å². The lowest BCUT2D eigenvalue weighted by Crippen LogP contribution is -2.10. The Kier molecular flexibility index (Phi) is 3.47. The zero-order valence-corrected chi connectivity index (χ0v) is 10.8. The van der Waals surface area contributed by atoms with Crippen LogP contribution in [-0.2, 0) is 16.6 Å². The number of nitro benzene ring substituents is 1. The molecule has 104 valence electrons. The molecule has 0 saturated heterocycles. The van der Waals surface area contributed by atoms with E-state index in [0.717, 1.165) is 6.07 Å². The van der Waals surface area contributed by atoms with Crippen LogP contribution in [0, 0.1) is 10.1 Å². The largest absolute Gasteiger partial charge is 0.469 e. The molecule has 0 fully saturated rings. The smallest absolute Gasteiger partial charge is 0.313 e. The Morgan fingerprint density at radius 2 is 2.15 bits per heavy atom. The molecule has 0 atom stereocenters. The van der Waals surface area contributed by atoms with E-state index in [0.29, 0.717) is 10.9 Å². The molecule has 1 heterocycles. The van der Waals surface area contributed by atoms with Gasteiger partial charge in [-0.15, -0.1) is 0 Å². The Hall–Kier alpha value is -2.77. The van der Waals surface area contributed by atoms with Gasteiger partial charge >= 0.3 is 5.97 Å². The van der Waals surface area contributed by atoms with Crippen LogP contribution in [0.5, 0.6) is 0 Å². The van der Waals surface area contributed by atoms with Crippen LogP contribution in [0.25, 0.3) is 10.9 Å². The average Bonchev–Trinajstić information content (AvgIpc) is 2.79. The van der Waals surface area contributed by atoms with E-state index < -0.39 is 23.1 Å². The number of rotatable bonds is 4. The van der Waals surface area contributed by atoms with Gasteiger partial charge in [0.1, 0.15) is 6.42 Å². The molecule has 1 aromatic carbocycles. The standard InChI is InChI=1S/C12H11N3O5/c1-14-9-3-7(11(16)5-12(17)20-2)4-10(15(18)19)8(9)6-13-14/h3-4,6H,5H2,1-2H3. The van der Waals surface area contributed by atoms with Crippen molar-refractivity contribution in [1.29, 1.82) is 0 Å². The first-order chi connectivity index (χ1) is 9.43. The van der Waals surface area contributed by atoms with Crippen molar-refractivity contribution in [2.45, 2.75) is 6.42 Å². The molecule has 0 amide bonds. The molecule has 0 aliphatic carbocycles. The molecule has 2 aromatic rings. The number of ether oxygens (including phenoxy) is 1. The lowest BCUT2D eigenvalue weighted by molar-refractivity contribution is -0.383. The molecule has 20 heavy (non-hydrogen) atoms. The summed E-state index contributed by atoms with van der Waals surface area (Å²) in [6.07, 6.45) is 0.902. The first kappa shape index (κ1) is 13.7. The summed E-state index contributed by atoms with van der Waals surface area (Å²) in [5.41, 5.74) is 0.314. The Morgan fingerprint density at radius 1 is 1.45 bits per heavy atom. The number of Topliss-reactive ketones (excluding diaryl/α,β-unsaturated/α-hetero) is 1. The second-order valence-electron chi connectivity index (χ2n) is 4.13. The predicted octanol–water partition coefficient (Wildman–Crippen LogP) is 1.23. The highest BCUT2D eigenvalue weighted by atomic mass is 16.6. The maximum atomic E-state index is 11.9. The third kappa shape index (κ3) is 2.35. The Balaban J connectivity index is 2.54. The molecule has 0 N–H and O–H groups in total. The summed E-state index contributed by atoms with van der Waals surface area (Å²) in [5.74, 6) is -1.23. The van der Waals surface area contributed by atoms with Gasteiger partial charge < -0.3 is 4.74 Å². The summed E-state index contributed by atoms with van der Waals surface area (Å²) in [4.78, 5) is 33.5. The molecule has 0 bridgehead atoms. The number of carbonyl (C=O) groups is 2. The molecular formula is C12H11N3O5. The minimum Gasteiger partial charge on any atom is -0.469 e. The molecule has 0 unspecified atom stereocenters. The van der Waals surface area contributed by atoms with E-state index in [1.54, 1.807) is 7.05 Å². The molecule has 0 radical (unpaired) electrons. The summed E-state index contributed by atoms with van der Waals surface area (Å²) in [7, 11) is 2.78. The number of aromatic nitrogens is 2. The van der Waals surface area contributed by atoms with Crippen LogP contribution in [0.4, 0.5) is 5.69 Å². The summed E-state index contributed by atoms with van der Waals surface area (Å²) in [6, 6.07) is 2.62. The number of esters is 1. The number of methoxy groups -OCH3 is 1. The van der Waals surface area contributed by atoms with Gasteiger partial charge in [-0.1, -0.05) is 0 Å². The highest BCUT2D eigenvalue weighted by Crippen LogP contribution is 2.27. The van der Waals surface area contributed by atoms with Crippen LogP contribution in [0.15, 0.2) is 18.3 Å². The Labute approximate surface area is 113 Å². The van der Waals surface area contributed by atoms with E-state index in [4.69, 9.17) is 0 Å². The Bertz CT molecular complexity index is 719. The molecular weight excluding hydrogens is 266 g/mol. The first-order valence-electron chi connectivity index (χ1n) is 5.64. The van der Waals surface area contributed by atoms with E-state index >= 15 is 0 Å². The average molecular weight is 277 g/mol. The van der Waals surface area contributed by atoms with Gasteiger partial charge in [-0.25, -0.2) is 0 Å². The van der Waals surface area contributed by atoms with Crippen LogP contribution in [-0.4, -0.2) is 33.6 Å². The predicted molar refractivity (Wildman–Crippen MR) is 68.3 cm³/mol. The summed E-state index contributed by atoms with van der Waals surface area (Å²) >= 11 is 0. The number of aryl methyl sites for hydroxylation is 1. The fourth-order valence-corrected chi connectivity index (χ4v) is 1.85. The normalized spacial score (nSPS) is 10.5. The topological polar surface area (TPSA) is 104 Å². The van der Waals surface area contributed by atoms with Crippen molar-refractivity contribution in [2.75, 3.05) is 7.11 Å². The van der Waals surface area contributed by atoms with E-state index in [1.807, 2.05) is 0 Å². The van der Waals surface area contributed by atoms with Crippen molar-refractivity contribution >= 4 is 28.3 Å². The summed E-state index contributed by atoms with van der Waals surface area (Å²) in [5, 5.41) is 15.3. The van der Waals surface area contributed by atoms with Crippen molar-refractivity contribution < 1.29 is 19.2 Å². The fraction of sp³-hybridized carbons (Fsp3) is 0.250. The van der Waals surface area contributed by atoms with E-state index in [9.17, 15) is 19.7 Å². The van der Waals surface area contributed by atoms with Crippen molar-refractivity contribution in [1.82, 2.24) is 9.78 Å². The number of non-ortho nitro benzene ring substituents is 1. The van der Waals surface area contributed by atoms with Crippen molar-refractivity contribution in [3.63, 3.8) is 0 Å². The monoisotopic (exact) mass is 277 g/mol. The molecule has 8 heteroatoms. The van der Waals surface area contributed by atoms with Gasteiger partial charge in [0, 0.05) is 18.7 Å². The number of fused-ring (bicyclic) bond motifs is 1. The molecule has 8 nitrogen and oxygen atoms in total. The maximum Gasteiger partial charge on any atom is 0.313 e. The lowest BCUT2D eigenvalue weighted by atomic mass is 10.1. The third-order valence-electron chi connectivity index (χ3n) is 2.90. The highest BCUT2D eigenvalue weighted by Gasteiger charge is 2.21. The number of ketones is 1. The second-order valence-corrected chi connectivity index (χ2v) is 4.13. The van der Waals surface area contributed by atoms with Crippen LogP contribution in [0.3, 0.4) is 0 Å². The third-order valence-corrected chi connectivity index (χ3v) is 2.90. The molecule has 0 spiro atoms. The molecule has 0 aliphatic rings. The van der Waals surface area contributed by atoms with Gasteiger partial charge in [-0.2, -0.15) is 5.10 Å². The number of nitrogens with zero attached hydrogens (tertiary/aromatic N) is 3. The van der Waals surface area contributed by atoms with Gasteiger partial charge in [0.2, 0.25) is 0 Å². The lowest BCUT2D eigenvalue weighted by Gasteiger charge is -2.02. The second kappa shape index (κ2) is 5.08. The van der Waals surface area contributed by atoms with E-state index in [-0.39, 0.29) is 11.3 Å². The van der Waals surface area contributed by atoms with E-state index in [1.165, 1.54) is 24.1 Å².